The molecule has 0 bridgehead atoms. The minimum absolute atomic E-state index is 0.0315. The minimum atomic E-state index is -0.291. The van der Waals surface area contributed by atoms with Crippen molar-refractivity contribution in [2.75, 3.05) is 0 Å². The Bertz CT molecular complexity index is 777. The van der Waals surface area contributed by atoms with Crippen LogP contribution in [0.1, 0.15) is 47.7 Å². The van der Waals surface area contributed by atoms with E-state index >= 15 is 0 Å². The van der Waals surface area contributed by atoms with Crippen LogP contribution in [-0.4, -0.2) is 23.1 Å². The zero-order valence-electron chi connectivity index (χ0n) is 14.9. The third kappa shape index (κ3) is 3.49. The molecule has 8 heteroatoms. The SMILES string of the molecule is Cc1cc(C2CC(NC(=O)C3CC(c4ccccn4)NN3)NN2)c(C)o1. The van der Waals surface area contributed by atoms with E-state index in [0.29, 0.717) is 6.42 Å². The average molecular weight is 356 g/mol. The first-order valence-corrected chi connectivity index (χ1v) is 8.90. The first-order valence-electron chi connectivity index (χ1n) is 8.90. The largest absolute Gasteiger partial charge is 0.466 e. The van der Waals surface area contributed by atoms with E-state index in [1.807, 2.05) is 38.1 Å². The Hall–Kier alpha value is -2.26. The molecule has 26 heavy (non-hydrogen) atoms. The fourth-order valence-corrected chi connectivity index (χ4v) is 3.63. The minimum Gasteiger partial charge on any atom is -0.466 e. The van der Waals surface area contributed by atoms with Gasteiger partial charge in [-0.15, -0.1) is 0 Å². The molecule has 4 atom stereocenters. The van der Waals surface area contributed by atoms with Gasteiger partial charge >= 0.3 is 0 Å². The molecule has 0 saturated carbocycles. The molecule has 1 amide bonds. The van der Waals surface area contributed by atoms with Gasteiger partial charge in [0.25, 0.3) is 0 Å². The topological polar surface area (TPSA) is 103 Å². The van der Waals surface area contributed by atoms with Crippen LogP contribution in [0.25, 0.3) is 0 Å². The lowest BCUT2D eigenvalue weighted by Gasteiger charge is -2.15. The maximum Gasteiger partial charge on any atom is 0.239 e. The molecule has 0 spiro atoms. The summed E-state index contributed by atoms with van der Waals surface area (Å²) < 4.78 is 5.60. The maximum absolute atomic E-state index is 12.6. The highest BCUT2D eigenvalue weighted by atomic mass is 16.3. The number of rotatable bonds is 4. The van der Waals surface area contributed by atoms with E-state index < -0.39 is 0 Å². The van der Waals surface area contributed by atoms with Gasteiger partial charge in [-0.05, 0) is 38.5 Å². The van der Waals surface area contributed by atoms with Crippen molar-refractivity contribution in [2.45, 2.75) is 51.0 Å². The summed E-state index contributed by atoms with van der Waals surface area (Å²) in [7, 11) is 0. The molecule has 2 aromatic rings. The highest BCUT2D eigenvalue weighted by Crippen LogP contribution is 2.27. The molecule has 4 unspecified atom stereocenters. The molecule has 4 heterocycles. The van der Waals surface area contributed by atoms with Crippen LogP contribution in [0.2, 0.25) is 0 Å². The van der Waals surface area contributed by atoms with Crippen molar-refractivity contribution in [3.63, 3.8) is 0 Å². The summed E-state index contributed by atoms with van der Waals surface area (Å²) in [5.41, 5.74) is 14.7. The smallest absolute Gasteiger partial charge is 0.239 e. The molecule has 2 aromatic heterocycles. The van der Waals surface area contributed by atoms with Gasteiger partial charge in [0.1, 0.15) is 17.6 Å². The number of carbonyl (C=O) groups excluding carboxylic acids is 1. The van der Waals surface area contributed by atoms with Gasteiger partial charge in [-0.1, -0.05) is 6.07 Å². The molecule has 0 aromatic carbocycles. The summed E-state index contributed by atoms with van der Waals surface area (Å²) in [4.78, 5) is 16.9. The third-order valence-corrected chi connectivity index (χ3v) is 4.94. The predicted octanol–water partition coefficient (Wildman–Crippen LogP) is 0.881. The first kappa shape index (κ1) is 17.2. The summed E-state index contributed by atoms with van der Waals surface area (Å²) in [5.74, 6) is 1.78. The Labute approximate surface area is 152 Å². The molecule has 0 aliphatic carbocycles. The lowest BCUT2D eigenvalue weighted by molar-refractivity contribution is -0.123. The number of carbonyl (C=O) groups is 1. The van der Waals surface area contributed by atoms with Gasteiger partial charge in [-0.2, -0.15) is 0 Å². The molecule has 138 valence electrons. The van der Waals surface area contributed by atoms with Crippen LogP contribution in [0.15, 0.2) is 34.9 Å². The van der Waals surface area contributed by atoms with E-state index in [1.54, 1.807) is 6.20 Å². The number of aromatic nitrogens is 1. The first-order chi connectivity index (χ1) is 12.6. The summed E-state index contributed by atoms with van der Waals surface area (Å²) in [6.45, 7) is 3.90. The van der Waals surface area contributed by atoms with E-state index in [-0.39, 0.29) is 30.2 Å². The third-order valence-electron chi connectivity index (χ3n) is 4.94. The number of pyridine rings is 1. The highest BCUT2D eigenvalue weighted by molar-refractivity contribution is 5.82. The van der Waals surface area contributed by atoms with Gasteiger partial charge in [-0.25, -0.2) is 21.7 Å². The summed E-state index contributed by atoms with van der Waals surface area (Å²) >= 11 is 0. The van der Waals surface area contributed by atoms with Crippen LogP contribution in [-0.2, 0) is 4.79 Å². The predicted molar refractivity (Wildman–Crippen MR) is 95.4 cm³/mol. The van der Waals surface area contributed by atoms with Gasteiger partial charge < -0.3 is 9.73 Å². The van der Waals surface area contributed by atoms with Crippen LogP contribution >= 0.6 is 0 Å². The molecule has 2 aliphatic heterocycles. The number of aryl methyl sites for hydroxylation is 2. The maximum atomic E-state index is 12.6. The van der Waals surface area contributed by atoms with Crippen molar-refractivity contribution in [1.82, 2.24) is 32.0 Å². The Morgan fingerprint density at radius 3 is 2.73 bits per heavy atom. The van der Waals surface area contributed by atoms with Crippen molar-refractivity contribution in [1.29, 1.82) is 0 Å². The Kier molecular flexibility index (Phi) is 4.73. The summed E-state index contributed by atoms with van der Waals surface area (Å²) in [5, 5.41) is 3.05. The quantitative estimate of drug-likeness (QED) is 0.554. The molecule has 8 nitrogen and oxygen atoms in total. The number of hydrogen-bond donors (Lipinski definition) is 5. The lowest BCUT2D eigenvalue weighted by atomic mass is 10.0. The molecule has 2 fully saturated rings. The number of amides is 1. The summed E-state index contributed by atoms with van der Waals surface area (Å²) in [6.07, 6.45) is 3.05. The highest BCUT2D eigenvalue weighted by Gasteiger charge is 2.34. The van der Waals surface area contributed by atoms with Crippen LogP contribution in [0.5, 0.6) is 0 Å². The van der Waals surface area contributed by atoms with E-state index in [2.05, 4.69) is 32.0 Å². The molecular weight excluding hydrogens is 332 g/mol. The zero-order valence-corrected chi connectivity index (χ0v) is 14.9. The van der Waals surface area contributed by atoms with Crippen molar-refractivity contribution in [2.24, 2.45) is 0 Å². The van der Waals surface area contributed by atoms with Gasteiger partial charge in [0.15, 0.2) is 0 Å². The average Bonchev–Trinajstić information content (AvgIpc) is 3.35. The molecule has 5 N–H and O–H groups in total. The van der Waals surface area contributed by atoms with Crippen LogP contribution in [0, 0.1) is 13.8 Å². The number of nitrogens with zero attached hydrogens (tertiary/aromatic N) is 1. The van der Waals surface area contributed by atoms with E-state index in [1.165, 1.54) is 0 Å². The number of hydrogen-bond acceptors (Lipinski definition) is 7. The van der Waals surface area contributed by atoms with E-state index in [4.69, 9.17) is 4.42 Å². The van der Waals surface area contributed by atoms with Crippen molar-refractivity contribution >= 4 is 5.91 Å². The second kappa shape index (κ2) is 7.16. The fraction of sp³-hybridized carbons (Fsp3) is 0.444. The molecular formula is C18H24N6O2. The molecule has 2 saturated heterocycles. The van der Waals surface area contributed by atoms with Gasteiger partial charge in [0.05, 0.1) is 23.9 Å². The van der Waals surface area contributed by atoms with Crippen molar-refractivity contribution < 1.29 is 9.21 Å². The van der Waals surface area contributed by atoms with Gasteiger partial charge in [0, 0.05) is 18.2 Å². The molecule has 4 rings (SSSR count). The van der Waals surface area contributed by atoms with Gasteiger partial charge in [-0.3, -0.25) is 9.78 Å². The fourth-order valence-electron chi connectivity index (χ4n) is 3.63. The Balaban J connectivity index is 1.31. The van der Waals surface area contributed by atoms with Crippen LogP contribution in [0.3, 0.4) is 0 Å². The van der Waals surface area contributed by atoms with E-state index in [0.717, 1.165) is 29.2 Å². The Morgan fingerprint density at radius 2 is 2.00 bits per heavy atom. The monoisotopic (exact) mass is 356 g/mol. The van der Waals surface area contributed by atoms with Crippen molar-refractivity contribution in [3.8, 4) is 0 Å². The number of nitrogens with one attached hydrogen (secondary N) is 5. The molecule has 2 aliphatic rings. The second-order valence-electron chi connectivity index (χ2n) is 6.89. The Morgan fingerprint density at radius 1 is 1.15 bits per heavy atom. The summed E-state index contributed by atoms with van der Waals surface area (Å²) in [6, 6.07) is 7.70. The molecule has 0 radical (unpaired) electrons. The number of hydrazine groups is 2. The van der Waals surface area contributed by atoms with Crippen LogP contribution in [0.4, 0.5) is 0 Å². The lowest BCUT2D eigenvalue weighted by Crippen LogP contribution is -2.50. The standard InChI is InChI=1S/C18H24N6O2/c1-10-7-12(11(2)26-10)14-9-17(24-21-14)20-18(25)16-8-15(22-23-16)13-5-3-4-6-19-13/h3-7,14-17,21-24H,8-9H2,1-2H3,(H,20,25). The normalized spacial score (nSPS) is 28.4. The van der Waals surface area contributed by atoms with Crippen LogP contribution < -0.4 is 27.0 Å². The number of furan rings is 1. The van der Waals surface area contributed by atoms with Crippen molar-refractivity contribution in [3.05, 3.63) is 53.2 Å². The zero-order chi connectivity index (χ0) is 18.1. The second-order valence-corrected chi connectivity index (χ2v) is 6.89. The van der Waals surface area contributed by atoms with Gasteiger partial charge in [0.2, 0.25) is 5.91 Å². The van der Waals surface area contributed by atoms with E-state index in [9.17, 15) is 4.79 Å².